The lowest BCUT2D eigenvalue weighted by atomic mass is 10.2. The van der Waals surface area contributed by atoms with Gasteiger partial charge in [-0.1, -0.05) is 30.3 Å². The molecule has 114 valence electrons. The fourth-order valence-corrected chi connectivity index (χ4v) is 4.05. The van der Waals surface area contributed by atoms with Crippen molar-refractivity contribution < 1.29 is 17.9 Å². The van der Waals surface area contributed by atoms with Gasteiger partial charge in [-0.2, -0.15) is 8.42 Å². The molecule has 0 unspecified atom stereocenters. The van der Waals surface area contributed by atoms with Crippen LogP contribution in [0.3, 0.4) is 0 Å². The molecule has 1 aliphatic heterocycles. The van der Waals surface area contributed by atoms with Crippen molar-refractivity contribution in [2.75, 3.05) is 18.2 Å². The number of methoxy groups -OCH3 is 1. The summed E-state index contributed by atoms with van der Waals surface area (Å²) in [6, 6.07) is 4.42. The van der Waals surface area contributed by atoms with Crippen LogP contribution in [0.25, 0.3) is 0 Å². The normalized spacial score (nSPS) is 17.2. The quantitative estimate of drug-likeness (QED) is 0.844. The maximum atomic E-state index is 12.1. The van der Waals surface area contributed by atoms with Crippen LogP contribution in [0.1, 0.15) is 6.92 Å². The van der Waals surface area contributed by atoms with Crippen molar-refractivity contribution in [3.8, 4) is 0 Å². The van der Waals surface area contributed by atoms with Crippen LogP contribution in [0.5, 0.6) is 0 Å². The number of anilines is 1. The first kappa shape index (κ1) is 16.1. The number of rotatable bonds is 3. The minimum absolute atomic E-state index is 0.0808. The number of sulfonamides is 1. The first-order valence-electron chi connectivity index (χ1n) is 5.95. The summed E-state index contributed by atoms with van der Waals surface area (Å²) in [5, 5.41) is 3.53. The molecule has 0 amide bonds. The molecule has 0 saturated heterocycles. The van der Waals surface area contributed by atoms with Gasteiger partial charge in [-0.05, 0) is 18.2 Å². The second-order valence-electron chi connectivity index (χ2n) is 4.37. The van der Waals surface area contributed by atoms with Gasteiger partial charge in [0.15, 0.2) is 5.17 Å². The van der Waals surface area contributed by atoms with E-state index in [9.17, 15) is 13.2 Å². The van der Waals surface area contributed by atoms with Gasteiger partial charge in [-0.15, -0.1) is 4.40 Å². The van der Waals surface area contributed by atoms with Gasteiger partial charge >= 0.3 is 5.97 Å². The van der Waals surface area contributed by atoms with Crippen LogP contribution in [0.4, 0.5) is 5.69 Å². The highest BCUT2D eigenvalue weighted by Gasteiger charge is 2.26. The van der Waals surface area contributed by atoms with Gasteiger partial charge in [0.2, 0.25) is 0 Å². The molecule has 6 nitrogen and oxygen atoms in total. The van der Waals surface area contributed by atoms with Crippen LogP contribution < -0.4 is 5.32 Å². The van der Waals surface area contributed by atoms with E-state index in [0.29, 0.717) is 16.5 Å². The summed E-state index contributed by atoms with van der Waals surface area (Å²) in [5.74, 6) is -0.373. The summed E-state index contributed by atoms with van der Waals surface area (Å²) in [4.78, 5) is 11.4. The summed E-state index contributed by atoms with van der Waals surface area (Å²) in [6.45, 7) is 1.70. The van der Waals surface area contributed by atoms with E-state index in [1.54, 1.807) is 6.92 Å². The predicted octanol–water partition coefficient (Wildman–Crippen LogP) is 2.35. The topological polar surface area (TPSA) is 84.8 Å². The molecule has 1 N–H and O–H groups in total. The molecule has 0 radical (unpaired) electrons. The van der Waals surface area contributed by atoms with E-state index in [1.165, 1.54) is 25.3 Å². The fourth-order valence-electron chi connectivity index (χ4n) is 1.66. The number of nitrogens with one attached hydrogen (secondary N) is 1. The van der Waals surface area contributed by atoms with E-state index in [2.05, 4.69) is 14.5 Å². The Hall–Kier alpha value is -1.25. The minimum Gasteiger partial charge on any atom is -0.469 e. The van der Waals surface area contributed by atoms with Crippen LogP contribution in [0, 0.1) is 5.92 Å². The number of hydrogen-bond acceptors (Lipinski definition) is 6. The zero-order valence-electron chi connectivity index (χ0n) is 11.3. The number of halogens is 1. The van der Waals surface area contributed by atoms with E-state index >= 15 is 0 Å². The van der Waals surface area contributed by atoms with Gasteiger partial charge in [0.05, 0.1) is 18.7 Å². The average molecular weight is 349 g/mol. The van der Waals surface area contributed by atoms with Crippen molar-refractivity contribution >= 4 is 50.2 Å². The molecule has 1 aliphatic rings. The fraction of sp³-hybridized carbons (Fsp3) is 0.333. The zero-order chi connectivity index (χ0) is 15.6. The third-order valence-electron chi connectivity index (χ3n) is 2.74. The molecule has 0 aliphatic carbocycles. The Morgan fingerprint density at radius 3 is 2.90 bits per heavy atom. The number of ether oxygens (including phenoxy) is 1. The summed E-state index contributed by atoms with van der Waals surface area (Å²) in [7, 11) is -2.44. The summed E-state index contributed by atoms with van der Waals surface area (Å²) < 4.78 is 32.4. The highest BCUT2D eigenvalue weighted by molar-refractivity contribution is 8.14. The van der Waals surface area contributed by atoms with E-state index in [1.807, 2.05) is 0 Å². The number of amidine groups is 1. The van der Waals surface area contributed by atoms with E-state index < -0.39 is 10.0 Å². The molecule has 0 aromatic heterocycles. The first-order valence-corrected chi connectivity index (χ1v) is 8.76. The maximum absolute atomic E-state index is 12.1. The number of esters is 1. The Balaban J connectivity index is 2.17. The van der Waals surface area contributed by atoms with E-state index in [0.717, 1.165) is 11.8 Å². The lowest BCUT2D eigenvalue weighted by molar-refractivity contribution is -0.143. The van der Waals surface area contributed by atoms with Crippen molar-refractivity contribution in [1.29, 1.82) is 0 Å². The molecule has 9 heteroatoms. The monoisotopic (exact) mass is 348 g/mol. The highest BCUT2D eigenvalue weighted by Crippen LogP contribution is 2.32. The van der Waals surface area contributed by atoms with Crippen molar-refractivity contribution in [1.82, 2.24) is 0 Å². The molecular formula is C12H13ClN2O4S2. The summed E-state index contributed by atoms with van der Waals surface area (Å²) >= 11 is 7.00. The lowest BCUT2D eigenvalue weighted by Crippen LogP contribution is -2.22. The molecule has 0 bridgehead atoms. The van der Waals surface area contributed by atoms with Crippen molar-refractivity contribution in [3.63, 3.8) is 0 Å². The van der Waals surface area contributed by atoms with E-state index in [4.69, 9.17) is 11.6 Å². The van der Waals surface area contributed by atoms with Gasteiger partial charge < -0.3 is 10.1 Å². The molecule has 1 atom stereocenters. The molecule has 0 fully saturated rings. The standard InChI is InChI=1S/C12H13ClN2O4S2/c1-7(11(16)19-2)6-20-12-14-9-5-8(13)3-4-10(9)21(17,18)15-12/h3-5,7H,6H2,1-2H3,(H,14,15)/t7-/m1/s1. The number of benzene rings is 1. The smallest absolute Gasteiger partial charge is 0.309 e. The molecule has 2 rings (SSSR count). The predicted molar refractivity (Wildman–Crippen MR) is 83.3 cm³/mol. The third-order valence-corrected chi connectivity index (χ3v) is 5.56. The average Bonchev–Trinajstić information content (AvgIpc) is 2.42. The van der Waals surface area contributed by atoms with Crippen molar-refractivity contribution in [2.24, 2.45) is 10.3 Å². The number of hydrogen-bond donors (Lipinski definition) is 1. The minimum atomic E-state index is -3.75. The van der Waals surface area contributed by atoms with Crippen LogP contribution >= 0.6 is 23.4 Å². The SMILES string of the molecule is COC(=O)[C@H](C)CSC1=NS(=O)(=O)c2ccc(Cl)cc2N1. The third kappa shape index (κ3) is 3.69. The Bertz CT molecular complexity index is 703. The van der Waals surface area contributed by atoms with E-state index in [-0.39, 0.29) is 22.0 Å². The van der Waals surface area contributed by atoms with Gasteiger partial charge in [-0.25, -0.2) is 0 Å². The zero-order valence-corrected chi connectivity index (χ0v) is 13.7. The van der Waals surface area contributed by atoms with Gasteiger partial charge in [0.1, 0.15) is 4.90 Å². The number of nitrogens with zero attached hydrogens (tertiary/aromatic N) is 1. The number of thioether (sulfide) groups is 1. The Labute approximate surface area is 132 Å². The molecule has 1 heterocycles. The number of carbonyl (C=O) groups excluding carboxylic acids is 1. The second kappa shape index (κ2) is 6.25. The Morgan fingerprint density at radius 1 is 1.52 bits per heavy atom. The van der Waals surface area contributed by atoms with Crippen LogP contribution in [-0.2, 0) is 19.6 Å². The number of fused-ring (bicyclic) bond motifs is 1. The molecule has 1 aromatic carbocycles. The molecule has 0 spiro atoms. The lowest BCUT2D eigenvalue weighted by Gasteiger charge is -2.18. The molecule has 21 heavy (non-hydrogen) atoms. The highest BCUT2D eigenvalue weighted by atomic mass is 35.5. The second-order valence-corrected chi connectivity index (χ2v) is 7.39. The van der Waals surface area contributed by atoms with Crippen molar-refractivity contribution in [2.45, 2.75) is 11.8 Å². The van der Waals surface area contributed by atoms with Gasteiger partial charge in [0.25, 0.3) is 10.0 Å². The van der Waals surface area contributed by atoms with Crippen LogP contribution in [0.2, 0.25) is 5.02 Å². The van der Waals surface area contributed by atoms with Crippen LogP contribution in [0.15, 0.2) is 27.5 Å². The Morgan fingerprint density at radius 2 is 2.24 bits per heavy atom. The molecular weight excluding hydrogens is 336 g/mol. The van der Waals surface area contributed by atoms with Gasteiger partial charge in [-0.3, -0.25) is 4.79 Å². The first-order chi connectivity index (χ1) is 9.83. The molecule has 0 saturated carbocycles. The summed E-state index contributed by atoms with van der Waals surface area (Å²) in [6.07, 6.45) is 0. The number of carbonyl (C=O) groups is 1. The Kier molecular flexibility index (Phi) is 4.80. The van der Waals surface area contributed by atoms with Crippen LogP contribution in [-0.4, -0.2) is 32.4 Å². The summed E-state index contributed by atoms with van der Waals surface area (Å²) in [5.41, 5.74) is 0.380. The molecule has 1 aromatic rings. The maximum Gasteiger partial charge on any atom is 0.309 e. The van der Waals surface area contributed by atoms with Gasteiger partial charge in [0, 0.05) is 10.8 Å². The van der Waals surface area contributed by atoms with Crippen molar-refractivity contribution in [3.05, 3.63) is 23.2 Å². The largest absolute Gasteiger partial charge is 0.469 e.